The van der Waals surface area contributed by atoms with Crippen LogP contribution < -0.4 is 5.32 Å². The minimum Gasteiger partial charge on any atom is -0.309 e. The number of thiazole rings is 1. The van der Waals surface area contributed by atoms with Crippen LogP contribution in [0.5, 0.6) is 0 Å². The molecule has 5 heteroatoms. The topological polar surface area (TPSA) is 50.7 Å². The maximum atomic E-state index is 4.73. The van der Waals surface area contributed by atoms with Crippen LogP contribution in [0.15, 0.2) is 18.5 Å². The van der Waals surface area contributed by atoms with Gasteiger partial charge in [-0.3, -0.25) is 0 Å². The molecular weight excluding hydrogens is 256 g/mol. The van der Waals surface area contributed by atoms with E-state index in [0.29, 0.717) is 5.92 Å². The second kappa shape index (κ2) is 5.35. The Morgan fingerprint density at radius 3 is 2.68 bits per heavy atom. The highest BCUT2D eigenvalue weighted by molar-refractivity contribution is 7.15. The van der Waals surface area contributed by atoms with Crippen LogP contribution >= 0.6 is 11.3 Å². The van der Waals surface area contributed by atoms with Crippen LogP contribution in [0.1, 0.15) is 43.2 Å². The molecular formula is C14H18N4S. The summed E-state index contributed by atoms with van der Waals surface area (Å²) in [6.45, 7) is 5.29. The third kappa shape index (κ3) is 2.98. The van der Waals surface area contributed by atoms with E-state index in [1.54, 1.807) is 23.7 Å². The van der Waals surface area contributed by atoms with Crippen LogP contribution in [0.25, 0.3) is 10.8 Å². The van der Waals surface area contributed by atoms with Crippen LogP contribution in [0, 0.1) is 0 Å². The summed E-state index contributed by atoms with van der Waals surface area (Å²) in [5.41, 5.74) is 1.18. The average molecular weight is 274 g/mol. The summed E-state index contributed by atoms with van der Waals surface area (Å²) in [4.78, 5) is 14.6. The first kappa shape index (κ1) is 12.7. The molecule has 1 aliphatic rings. The lowest BCUT2D eigenvalue weighted by Gasteiger charge is -2.05. The van der Waals surface area contributed by atoms with Crippen molar-refractivity contribution in [3.8, 4) is 10.8 Å². The second-order valence-electron chi connectivity index (χ2n) is 5.21. The largest absolute Gasteiger partial charge is 0.309 e. The molecule has 1 N–H and O–H groups in total. The number of rotatable bonds is 5. The van der Waals surface area contributed by atoms with Gasteiger partial charge in [-0.05, 0) is 24.8 Å². The second-order valence-corrected chi connectivity index (χ2v) is 6.29. The molecule has 0 atom stereocenters. The highest BCUT2D eigenvalue weighted by atomic mass is 32.1. The van der Waals surface area contributed by atoms with Crippen molar-refractivity contribution in [3.05, 3.63) is 29.0 Å². The first-order chi connectivity index (χ1) is 9.24. The van der Waals surface area contributed by atoms with E-state index in [-0.39, 0.29) is 0 Å². The summed E-state index contributed by atoms with van der Waals surface area (Å²) >= 11 is 1.71. The molecule has 2 aromatic rings. The molecule has 1 aliphatic carbocycles. The molecule has 4 nitrogen and oxygen atoms in total. The van der Waals surface area contributed by atoms with Crippen LogP contribution in [0.2, 0.25) is 0 Å². The fraction of sp³-hybridized carbons (Fsp3) is 0.500. The Balaban J connectivity index is 1.87. The molecule has 3 rings (SSSR count). The zero-order valence-corrected chi connectivity index (χ0v) is 12.1. The van der Waals surface area contributed by atoms with E-state index < -0.39 is 0 Å². The molecule has 2 aromatic heterocycles. The Morgan fingerprint density at radius 1 is 1.32 bits per heavy atom. The van der Waals surface area contributed by atoms with E-state index in [1.165, 1.54) is 23.4 Å². The lowest BCUT2D eigenvalue weighted by atomic mass is 10.1. The van der Waals surface area contributed by atoms with Crippen molar-refractivity contribution < 1.29 is 0 Å². The third-order valence-corrected chi connectivity index (χ3v) is 4.23. The summed E-state index contributed by atoms with van der Waals surface area (Å²) < 4.78 is 0. The fourth-order valence-electron chi connectivity index (χ4n) is 1.97. The van der Waals surface area contributed by atoms with Gasteiger partial charge in [-0.1, -0.05) is 13.8 Å². The van der Waals surface area contributed by atoms with Gasteiger partial charge in [0.2, 0.25) is 0 Å². The molecule has 0 unspecified atom stereocenters. The highest BCUT2D eigenvalue weighted by Gasteiger charge is 2.22. The average Bonchev–Trinajstić information content (AvgIpc) is 3.15. The fourth-order valence-corrected chi connectivity index (χ4v) is 3.09. The van der Waals surface area contributed by atoms with Crippen molar-refractivity contribution in [2.75, 3.05) is 0 Å². The van der Waals surface area contributed by atoms with E-state index >= 15 is 0 Å². The van der Waals surface area contributed by atoms with Gasteiger partial charge in [-0.2, -0.15) is 0 Å². The first-order valence-corrected chi connectivity index (χ1v) is 7.56. The highest BCUT2D eigenvalue weighted by Crippen LogP contribution is 2.30. The number of aromatic nitrogens is 3. The first-order valence-electron chi connectivity index (χ1n) is 6.74. The van der Waals surface area contributed by atoms with Gasteiger partial charge in [0, 0.05) is 29.9 Å². The van der Waals surface area contributed by atoms with Gasteiger partial charge in [0.1, 0.15) is 0 Å². The maximum Gasteiger partial charge on any atom is 0.188 e. The Labute approximate surface area is 117 Å². The summed E-state index contributed by atoms with van der Waals surface area (Å²) in [7, 11) is 0. The van der Waals surface area contributed by atoms with Gasteiger partial charge in [-0.25, -0.2) is 15.0 Å². The molecule has 1 fully saturated rings. The van der Waals surface area contributed by atoms with E-state index in [0.717, 1.165) is 23.4 Å². The van der Waals surface area contributed by atoms with Crippen LogP contribution in [0.3, 0.4) is 0 Å². The Kier molecular flexibility index (Phi) is 3.57. The zero-order chi connectivity index (χ0) is 13.2. The number of hydrogen-bond donors (Lipinski definition) is 1. The van der Waals surface area contributed by atoms with Gasteiger partial charge in [0.15, 0.2) is 10.8 Å². The van der Waals surface area contributed by atoms with Gasteiger partial charge in [0.25, 0.3) is 0 Å². The molecule has 0 aliphatic heterocycles. The summed E-state index contributed by atoms with van der Waals surface area (Å²) in [5.74, 6) is 1.16. The molecule has 0 bridgehead atoms. The predicted molar refractivity (Wildman–Crippen MR) is 77.1 cm³/mol. The van der Waals surface area contributed by atoms with Crippen LogP contribution in [-0.2, 0) is 6.54 Å². The van der Waals surface area contributed by atoms with Crippen LogP contribution in [0.4, 0.5) is 0 Å². The minimum atomic E-state index is 0.435. The maximum absolute atomic E-state index is 4.73. The molecule has 0 radical (unpaired) electrons. The van der Waals surface area contributed by atoms with Gasteiger partial charge in [0.05, 0.1) is 5.69 Å². The molecule has 0 spiro atoms. The van der Waals surface area contributed by atoms with Crippen molar-refractivity contribution in [1.82, 2.24) is 20.3 Å². The Hall–Kier alpha value is -1.33. The molecule has 0 saturated heterocycles. The molecule has 100 valence electrons. The van der Waals surface area contributed by atoms with Crippen molar-refractivity contribution in [1.29, 1.82) is 0 Å². The molecule has 19 heavy (non-hydrogen) atoms. The van der Waals surface area contributed by atoms with Crippen LogP contribution in [-0.4, -0.2) is 21.0 Å². The minimum absolute atomic E-state index is 0.435. The number of hydrogen-bond acceptors (Lipinski definition) is 5. The van der Waals surface area contributed by atoms with Gasteiger partial charge in [-0.15, -0.1) is 11.3 Å². The molecule has 0 aromatic carbocycles. The quantitative estimate of drug-likeness (QED) is 0.910. The van der Waals surface area contributed by atoms with Gasteiger partial charge >= 0.3 is 0 Å². The number of nitrogens with one attached hydrogen (secondary N) is 1. The normalized spacial score (nSPS) is 15.1. The third-order valence-electron chi connectivity index (χ3n) is 3.16. The monoisotopic (exact) mass is 274 g/mol. The molecule has 1 saturated carbocycles. The summed E-state index contributed by atoms with van der Waals surface area (Å²) in [6.07, 6.45) is 6.15. The van der Waals surface area contributed by atoms with Gasteiger partial charge < -0.3 is 5.32 Å². The Bertz CT molecular complexity index is 546. The van der Waals surface area contributed by atoms with Crippen molar-refractivity contribution in [3.63, 3.8) is 0 Å². The summed E-state index contributed by atoms with van der Waals surface area (Å²) in [6, 6.07) is 2.55. The standard InChI is InChI=1S/C14H18N4S/c1-9(2)12-11(8-17-10-4-5-10)19-14(18-12)13-15-6-3-7-16-13/h3,6-7,9-10,17H,4-5,8H2,1-2H3. The van der Waals surface area contributed by atoms with E-state index in [4.69, 9.17) is 4.98 Å². The van der Waals surface area contributed by atoms with E-state index in [9.17, 15) is 0 Å². The number of nitrogens with zero attached hydrogens (tertiary/aromatic N) is 3. The van der Waals surface area contributed by atoms with Crippen molar-refractivity contribution in [2.24, 2.45) is 0 Å². The summed E-state index contributed by atoms with van der Waals surface area (Å²) in [5, 5.41) is 4.49. The Morgan fingerprint density at radius 2 is 2.05 bits per heavy atom. The van der Waals surface area contributed by atoms with E-state index in [2.05, 4.69) is 29.1 Å². The smallest absolute Gasteiger partial charge is 0.188 e. The lowest BCUT2D eigenvalue weighted by Crippen LogP contribution is -2.15. The predicted octanol–water partition coefficient (Wildman–Crippen LogP) is 2.98. The zero-order valence-electron chi connectivity index (χ0n) is 11.3. The van der Waals surface area contributed by atoms with Crippen molar-refractivity contribution >= 4 is 11.3 Å². The molecule has 0 amide bonds. The lowest BCUT2D eigenvalue weighted by molar-refractivity contribution is 0.681. The SMILES string of the molecule is CC(C)c1nc(-c2ncccn2)sc1CNC1CC1. The van der Waals surface area contributed by atoms with Crippen molar-refractivity contribution in [2.45, 2.75) is 45.2 Å². The molecule has 2 heterocycles. The van der Waals surface area contributed by atoms with E-state index in [1.807, 2.05) is 6.07 Å².